The predicted octanol–water partition coefficient (Wildman–Crippen LogP) is 3.61. The Morgan fingerprint density at radius 1 is 1.33 bits per heavy atom. The van der Waals surface area contributed by atoms with E-state index >= 15 is 0 Å². The van der Waals surface area contributed by atoms with E-state index in [1.165, 1.54) is 0 Å². The number of hydrogen-bond donors (Lipinski definition) is 0. The predicted molar refractivity (Wildman–Crippen MR) is 81.7 cm³/mol. The van der Waals surface area contributed by atoms with Crippen LogP contribution < -0.4 is 4.90 Å². The smallest absolute Gasteiger partial charge is 0.103 e. The first-order valence-electron chi connectivity index (χ1n) is 6.13. The Morgan fingerprint density at radius 2 is 2.00 bits per heavy atom. The topological polar surface area (TPSA) is 27.0 Å². The molecule has 4 heteroatoms. The maximum Gasteiger partial charge on any atom is 0.103 e. The van der Waals surface area contributed by atoms with Crippen molar-refractivity contribution in [2.45, 2.75) is 29.2 Å². The molecule has 1 saturated heterocycles. The summed E-state index contributed by atoms with van der Waals surface area (Å²) in [4.78, 5) is 3.44. The molecule has 2 nitrogen and oxygen atoms in total. The number of nitrogens with zero attached hydrogens (tertiary/aromatic N) is 2. The summed E-state index contributed by atoms with van der Waals surface area (Å²) in [7, 11) is 0. The van der Waals surface area contributed by atoms with Gasteiger partial charge in [-0.25, -0.2) is 0 Å². The van der Waals surface area contributed by atoms with Gasteiger partial charge in [-0.3, -0.25) is 0 Å². The van der Waals surface area contributed by atoms with Gasteiger partial charge in [-0.05, 0) is 18.4 Å². The minimum Gasteiger partial charge on any atom is -0.368 e. The molecule has 2 rings (SSSR count). The molecule has 1 heterocycles. The maximum absolute atomic E-state index is 9.40. The molecule has 0 bridgehead atoms. The fraction of sp³-hybridized carbons (Fsp3) is 0.500. The summed E-state index contributed by atoms with van der Waals surface area (Å²) in [5, 5.41) is 10.6. The van der Waals surface area contributed by atoms with E-state index in [1.54, 1.807) is 11.8 Å². The molecule has 0 amide bonds. The van der Waals surface area contributed by atoms with E-state index in [1.807, 2.05) is 24.1 Å². The fourth-order valence-electron chi connectivity index (χ4n) is 2.44. The summed E-state index contributed by atoms with van der Waals surface area (Å²) >= 11 is 3.68. The highest BCUT2D eigenvalue weighted by molar-refractivity contribution is 8.00. The summed E-state index contributed by atoms with van der Waals surface area (Å²) in [6.07, 6.45) is 2.03. The lowest BCUT2D eigenvalue weighted by molar-refractivity contribution is 0.726. The van der Waals surface area contributed by atoms with Crippen LogP contribution in [0.2, 0.25) is 0 Å². The molecule has 0 saturated carbocycles. The van der Waals surface area contributed by atoms with Crippen LogP contribution in [0.1, 0.15) is 19.4 Å². The highest BCUT2D eigenvalue weighted by atomic mass is 32.2. The van der Waals surface area contributed by atoms with Crippen LogP contribution in [-0.2, 0) is 0 Å². The number of benzene rings is 1. The average Bonchev–Trinajstić information content (AvgIpc) is 2.36. The van der Waals surface area contributed by atoms with E-state index in [9.17, 15) is 5.26 Å². The van der Waals surface area contributed by atoms with E-state index in [4.69, 9.17) is 0 Å². The minimum atomic E-state index is 0.623. The van der Waals surface area contributed by atoms with Crippen LogP contribution in [0.5, 0.6) is 0 Å². The molecule has 96 valence electrons. The molecule has 0 radical (unpaired) electrons. The monoisotopic (exact) mass is 278 g/mol. The van der Waals surface area contributed by atoms with Crippen LogP contribution >= 0.6 is 23.5 Å². The summed E-state index contributed by atoms with van der Waals surface area (Å²) in [5.74, 6) is 0. The molecule has 0 aromatic heterocycles. The van der Waals surface area contributed by atoms with Crippen LogP contribution in [0.25, 0.3) is 0 Å². The van der Waals surface area contributed by atoms with Crippen molar-refractivity contribution in [3.8, 4) is 6.07 Å². The second-order valence-corrected chi connectivity index (χ2v) is 7.36. The quantitative estimate of drug-likeness (QED) is 0.772. The van der Waals surface area contributed by atoms with Crippen LogP contribution in [0.3, 0.4) is 0 Å². The zero-order valence-corrected chi connectivity index (χ0v) is 12.6. The molecule has 18 heavy (non-hydrogen) atoms. The molecule has 1 aliphatic rings. The molecule has 2 atom stereocenters. The molecule has 0 aliphatic carbocycles. The minimum absolute atomic E-state index is 0.623. The lowest BCUT2D eigenvalue weighted by Crippen LogP contribution is -2.40. The fourth-order valence-corrected chi connectivity index (χ4v) is 4.33. The van der Waals surface area contributed by atoms with Gasteiger partial charge in [0, 0.05) is 28.5 Å². The van der Waals surface area contributed by atoms with Crippen molar-refractivity contribution in [1.29, 1.82) is 5.26 Å². The molecule has 1 fully saturated rings. The number of thioether (sulfide) groups is 2. The highest BCUT2D eigenvalue weighted by Gasteiger charge is 2.24. The largest absolute Gasteiger partial charge is 0.368 e. The second-order valence-electron chi connectivity index (χ2n) is 4.63. The van der Waals surface area contributed by atoms with Gasteiger partial charge in [0.25, 0.3) is 0 Å². The molecule has 1 aliphatic heterocycles. The first kappa shape index (κ1) is 13.6. The van der Waals surface area contributed by atoms with Crippen molar-refractivity contribution in [2.24, 2.45) is 0 Å². The zero-order chi connectivity index (χ0) is 13.1. The van der Waals surface area contributed by atoms with Gasteiger partial charge in [0.2, 0.25) is 0 Å². The number of nitriles is 1. The third kappa shape index (κ3) is 2.78. The molecule has 0 spiro atoms. The van der Waals surface area contributed by atoms with Crippen LogP contribution in [-0.4, -0.2) is 29.8 Å². The van der Waals surface area contributed by atoms with Crippen LogP contribution in [0.4, 0.5) is 5.69 Å². The summed E-state index contributed by atoms with van der Waals surface area (Å²) < 4.78 is 0. The third-order valence-corrected chi connectivity index (χ3v) is 5.10. The number of anilines is 1. The summed E-state index contributed by atoms with van der Waals surface area (Å²) in [5.41, 5.74) is 1.93. The van der Waals surface area contributed by atoms with Gasteiger partial charge in [0.1, 0.15) is 6.07 Å². The van der Waals surface area contributed by atoms with Crippen molar-refractivity contribution in [2.75, 3.05) is 24.2 Å². The zero-order valence-electron chi connectivity index (χ0n) is 11.0. The molecule has 2 unspecified atom stereocenters. The van der Waals surface area contributed by atoms with Crippen molar-refractivity contribution in [1.82, 2.24) is 0 Å². The van der Waals surface area contributed by atoms with E-state index in [2.05, 4.69) is 36.9 Å². The Balaban J connectivity index is 2.36. The van der Waals surface area contributed by atoms with Gasteiger partial charge >= 0.3 is 0 Å². The Labute approximate surface area is 118 Å². The van der Waals surface area contributed by atoms with Gasteiger partial charge in [-0.2, -0.15) is 17.0 Å². The molecule has 0 N–H and O–H groups in total. The van der Waals surface area contributed by atoms with E-state index in [-0.39, 0.29) is 0 Å². The summed E-state index contributed by atoms with van der Waals surface area (Å²) in [6, 6.07) is 8.53. The van der Waals surface area contributed by atoms with Gasteiger partial charge < -0.3 is 4.90 Å². The van der Waals surface area contributed by atoms with Crippen molar-refractivity contribution >= 4 is 29.2 Å². The standard InChI is InChI=1S/C14H18N2S2/c1-10-8-16(9-11(2)18-10)13-5-4-6-14(17-3)12(13)7-15/h4-6,10-11H,8-9H2,1-3H3. The normalized spacial score (nSPS) is 23.8. The Hall–Kier alpha value is -0.790. The van der Waals surface area contributed by atoms with Crippen molar-refractivity contribution < 1.29 is 0 Å². The molecular formula is C14H18N2S2. The highest BCUT2D eigenvalue weighted by Crippen LogP contribution is 2.33. The Morgan fingerprint density at radius 3 is 2.56 bits per heavy atom. The number of hydrogen-bond acceptors (Lipinski definition) is 4. The maximum atomic E-state index is 9.40. The first-order valence-corrected chi connectivity index (χ1v) is 8.30. The molecular weight excluding hydrogens is 260 g/mol. The lowest BCUT2D eigenvalue weighted by Gasteiger charge is -2.36. The van der Waals surface area contributed by atoms with Gasteiger partial charge in [0.05, 0.1) is 11.3 Å². The van der Waals surface area contributed by atoms with Gasteiger partial charge in [0.15, 0.2) is 0 Å². The van der Waals surface area contributed by atoms with Gasteiger partial charge in [-0.15, -0.1) is 11.8 Å². The summed E-state index contributed by atoms with van der Waals surface area (Å²) in [6.45, 7) is 6.58. The van der Waals surface area contributed by atoms with Crippen molar-refractivity contribution in [3.05, 3.63) is 23.8 Å². The number of rotatable bonds is 2. The Bertz CT molecular complexity index is 457. The van der Waals surface area contributed by atoms with E-state index < -0.39 is 0 Å². The van der Waals surface area contributed by atoms with Crippen LogP contribution in [0, 0.1) is 11.3 Å². The SMILES string of the molecule is CSc1cccc(N2CC(C)SC(C)C2)c1C#N. The third-order valence-electron chi connectivity index (χ3n) is 3.10. The molecule has 1 aromatic carbocycles. The van der Waals surface area contributed by atoms with Crippen molar-refractivity contribution in [3.63, 3.8) is 0 Å². The lowest BCUT2D eigenvalue weighted by atomic mass is 10.1. The molecule has 1 aromatic rings. The van der Waals surface area contributed by atoms with E-state index in [0.717, 1.165) is 29.2 Å². The average molecular weight is 278 g/mol. The first-order chi connectivity index (χ1) is 8.65. The van der Waals surface area contributed by atoms with E-state index in [0.29, 0.717) is 10.5 Å². The van der Waals surface area contributed by atoms with Gasteiger partial charge in [-0.1, -0.05) is 19.9 Å². The second kappa shape index (κ2) is 5.90. The van der Waals surface area contributed by atoms with Crippen LogP contribution in [0.15, 0.2) is 23.1 Å². The Kier molecular flexibility index (Phi) is 4.47.